The first-order chi connectivity index (χ1) is 16.7. The van der Waals surface area contributed by atoms with Crippen LogP contribution in [0.2, 0.25) is 0 Å². The summed E-state index contributed by atoms with van der Waals surface area (Å²) >= 11 is 5.43. The normalized spacial score (nSPS) is 13.2. The van der Waals surface area contributed by atoms with Crippen molar-refractivity contribution in [2.75, 3.05) is 0 Å². The van der Waals surface area contributed by atoms with Crippen molar-refractivity contribution in [3.05, 3.63) is 144 Å². The third-order valence-corrected chi connectivity index (χ3v) is 7.18. The van der Waals surface area contributed by atoms with Crippen LogP contribution in [-0.4, -0.2) is 16.6 Å². The Hall–Kier alpha value is -3.07. The zero-order chi connectivity index (χ0) is 23.6. The third-order valence-electron chi connectivity index (χ3n) is 6.83. The molecule has 0 saturated carbocycles. The van der Waals surface area contributed by atoms with Crippen LogP contribution in [0.1, 0.15) is 41.5 Å². The topological polar surface area (TPSA) is 20.2 Å². The zero-order valence-electron chi connectivity index (χ0n) is 19.5. The number of hydrogen-bond acceptors (Lipinski definition) is 2. The molecular weight excluding hydrogens is 432 g/mol. The molecule has 0 amide bonds. The quantitative estimate of drug-likeness (QED) is 0.184. The van der Waals surface area contributed by atoms with E-state index in [0.717, 1.165) is 19.3 Å². The number of aryl methyl sites for hydroxylation is 1. The predicted molar refractivity (Wildman–Crippen MR) is 146 cm³/mol. The van der Waals surface area contributed by atoms with Crippen LogP contribution in [0, 0.1) is 5.92 Å². The molecule has 4 rings (SSSR count). The molecule has 2 atom stereocenters. The van der Waals surface area contributed by atoms with E-state index < -0.39 is 11.5 Å². The van der Waals surface area contributed by atoms with Gasteiger partial charge in [0.2, 0.25) is 0 Å². The molecule has 0 aliphatic carbocycles. The number of aliphatic hydroxyl groups excluding tert-OH is 1. The van der Waals surface area contributed by atoms with Crippen LogP contribution in [0.4, 0.5) is 0 Å². The maximum atomic E-state index is 11.6. The molecule has 0 aliphatic rings. The van der Waals surface area contributed by atoms with Crippen molar-refractivity contribution >= 4 is 17.6 Å². The summed E-state index contributed by atoms with van der Waals surface area (Å²) in [6.07, 6.45) is 2.86. The summed E-state index contributed by atoms with van der Waals surface area (Å²) in [5.74, 6) is -0.0470. The Labute approximate surface area is 209 Å². The summed E-state index contributed by atoms with van der Waals surface area (Å²) in [6.45, 7) is 0. The Morgan fingerprint density at radius 3 is 1.47 bits per heavy atom. The maximum absolute atomic E-state index is 11.6. The fourth-order valence-corrected chi connectivity index (χ4v) is 5.34. The fraction of sp³-hybridized carbons (Fsp3) is 0.219. The smallest absolute Gasteiger partial charge is 0.0626 e. The second-order valence-electron chi connectivity index (χ2n) is 8.95. The lowest BCUT2D eigenvalue weighted by Crippen LogP contribution is -2.37. The highest BCUT2D eigenvalue weighted by Gasteiger charge is 2.39. The monoisotopic (exact) mass is 464 g/mol. The van der Waals surface area contributed by atoms with Gasteiger partial charge in [-0.05, 0) is 53.3 Å². The molecule has 0 fully saturated rings. The highest BCUT2D eigenvalue weighted by molar-refractivity contribution is 7.79. The molecule has 1 N–H and O–H groups in total. The molecular formula is C32H32OS. The van der Waals surface area contributed by atoms with Crippen LogP contribution in [-0.2, 0) is 11.8 Å². The van der Waals surface area contributed by atoms with Crippen molar-refractivity contribution in [1.29, 1.82) is 0 Å². The predicted octanol–water partition coefficient (Wildman–Crippen LogP) is 7.41. The molecule has 0 heterocycles. The molecule has 2 unspecified atom stereocenters. The van der Waals surface area contributed by atoms with E-state index in [2.05, 4.69) is 97.1 Å². The van der Waals surface area contributed by atoms with Gasteiger partial charge in [-0.2, -0.15) is 0 Å². The van der Waals surface area contributed by atoms with Gasteiger partial charge in [-0.1, -0.05) is 134 Å². The van der Waals surface area contributed by atoms with Crippen molar-refractivity contribution in [2.45, 2.75) is 37.2 Å². The lowest BCUT2D eigenvalue weighted by Gasteiger charge is -2.39. The Bertz CT molecular complexity index is 1030. The second kappa shape index (κ2) is 11.9. The summed E-state index contributed by atoms with van der Waals surface area (Å²) in [7, 11) is 0. The Morgan fingerprint density at radius 2 is 1.06 bits per heavy atom. The zero-order valence-corrected chi connectivity index (χ0v) is 20.3. The van der Waals surface area contributed by atoms with Crippen molar-refractivity contribution in [1.82, 2.24) is 0 Å². The SMILES string of the molecule is OC(CC(c1ccccc1)(c1ccccc1)c1ccccc1)C(C=S)CCCc1ccccc1. The van der Waals surface area contributed by atoms with E-state index in [1.54, 1.807) is 5.37 Å². The third kappa shape index (κ3) is 5.52. The molecule has 172 valence electrons. The summed E-state index contributed by atoms with van der Waals surface area (Å²) in [4.78, 5) is 0. The van der Waals surface area contributed by atoms with Crippen molar-refractivity contribution in [3.8, 4) is 0 Å². The summed E-state index contributed by atoms with van der Waals surface area (Å²) in [5.41, 5.74) is 4.39. The number of hydrogen-bond donors (Lipinski definition) is 1. The lowest BCUT2D eigenvalue weighted by atomic mass is 9.65. The Kier molecular flexibility index (Phi) is 8.41. The fourth-order valence-electron chi connectivity index (χ4n) is 5.02. The van der Waals surface area contributed by atoms with E-state index in [-0.39, 0.29) is 5.92 Å². The average molecular weight is 465 g/mol. The van der Waals surface area contributed by atoms with Crippen molar-refractivity contribution < 1.29 is 5.11 Å². The second-order valence-corrected chi connectivity index (χ2v) is 9.22. The van der Waals surface area contributed by atoms with Crippen LogP contribution in [0.25, 0.3) is 0 Å². The molecule has 4 aromatic carbocycles. The molecule has 0 saturated heterocycles. The molecule has 0 bridgehead atoms. The Morgan fingerprint density at radius 1 is 0.647 bits per heavy atom. The lowest BCUT2D eigenvalue weighted by molar-refractivity contribution is 0.111. The average Bonchev–Trinajstić information content (AvgIpc) is 2.92. The molecule has 0 aliphatic heterocycles. The molecule has 0 spiro atoms. The number of aliphatic hydroxyl groups is 1. The van der Waals surface area contributed by atoms with E-state index in [1.807, 2.05) is 24.3 Å². The minimum Gasteiger partial charge on any atom is -0.392 e. The first kappa shape index (κ1) is 24.1. The number of benzene rings is 4. The van der Waals surface area contributed by atoms with Gasteiger partial charge in [-0.15, -0.1) is 0 Å². The van der Waals surface area contributed by atoms with E-state index in [0.29, 0.717) is 6.42 Å². The molecule has 0 radical (unpaired) electrons. The van der Waals surface area contributed by atoms with Gasteiger partial charge < -0.3 is 5.11 Å². The van der Waals surface area contributed by atoms with E-state index >= 15 is 0 Å². The standard InChI is InChI=1S/C32H32OS/c33-31(27(25-34)17-13-16-26-14-5-1-6-15-26)24-32(28-18-7-2-8-19-28,29-20-9-3-10-21-29)30-22-11-4-12-23-30/h1-12,14-15,18-23,25,27,31,33H,13,16-17,24H2. The number of rotatable bonds is 11. The van der Waals surface area contributed by atoms with Gasteiger partial charge >= 0.3 is 0 Å². The minimum atomic E-state index is -0.561. The summed E-state index contributed by atoms with van der Waals surface area (Å²) < 4.78 is 0. The summed E-state index contributed by atoms with van der Waals surface area (Å²) in [5, 5.41) is 13.4. The molecule has 34 heavy (non-hydrogen) atoms. The van der Waals surface area contributed by atoms with Gasteiger partial charge in [0.15, 0.2) is 0 Å². The summed E-state index contributed by atoms with van der Waals surface area (Å²) in [6, 6.07) is 42.2. The van der Waals surface area contributed by atoms with Gasteiger partial charge in [0.05, 0.1) is 6.10 Å². The minimum absolute atomic E-state index is 0.0470. The molecule has 4 aromatic rings. The first-order valence-electron chi connectivity index (χ1n) is 12.1. The van der Waals surface area contributed by atoms with E-state index in [1.165, 1.54) is 22.3 Å². The van der Waals surface area contributed by atoms with Gasteiger partial charge in [-0.25, -0.2) is 0 Å². The van der Waals surface area contributed by atoms with E-state index in [4.69, 9.17) is 12.2 Å². The molecule has 2 heteroatoms. The van der Waals surface area contributed by atoms with Crippen LogP contribution < -0.4 is 0 Å². The molecule has 1 nitrogen and oxygen atoms in total. The highest BCUT2D eigenvalue weighted by Crippen LogP contribution is 2.44. The first-order valence-corrected chi connectivity index (χ1v) is 12.5. The van der Waals surface area contributed by atoms with Crippen molar-refractivity contribution in [2.24, 2.45) is 5.92 Å². The van der Waals surface area contributed by atoms with Gasteiger partial charge in [0.1, 0.15) is 0 Å². The number of thiocarbonyl (C=S) groups is 1. The van der Waals surface area contributed by atoms with Gasteiger partial charge in [-0.3, -0.25) is 0 Å². The highest BCUT2D eigenvalue weighted by atomic mass is 32.1. The van der Waals surface area contributed by atoms with Crippen LogP contribution in [0.5, 0.6) is 0 Å². The Balaban J connectivity index is 1.67. The van der Waals surface area contributed by atoms with Gasteiger partial charge in [0.25, 0.3) is 0 Å². The van der Waals surface area contributed by atoms with Crippen molar-refractivity contribution in [3.63, 3.8) is 0 Å². The maximum Gasteiger partial charge on any atom is 0.0626 e. The van der Waals surface area contributed by atoms with E-state index in [9.17, 15) is 5.11 Å². The van der Waals surface area contributed by atoms with Crippen LogP contribution in [0.15, 0.2) is 121 Å². The molecule has 0 aromatic heterocycles. The van der Waals surface area contributed by atoms with Gasteiger partial charge in [0, 0.05) is 11.3 Å². The van der Waals surface area contributed by atoms with Crippen LogP contribution >= 0.6 is 12.2 Å². The van der Waals surface area contributed by atoms with Crippen LogP contribution in [0.3, 0.4) is 0 Å². The largest absolute Gasteiger partial charge is 0.392 e.